The van der Waals surface area contributed by atoms with Gasteiger partial charge in [-0.05, 0) is 33.2 Å². The predicted molar refractivity (Wildman–Crippen MR) is 58.2 cm³/mol. The molecule has 2 N–H and O–H groups in total. The Kier molecular flexibility index (Phi) is 4.02. The predicted octanol–water partition coefficient (Wildman–Crippen LogP) is 0.321. The third-order valence-corrected chi connectivity index (χ3v) is 2.68. The number of nitrogens with one attached hydrogen (secondary N) is 2. The Morgan fingerprint density at radius 3 is 2.81 bits per heavy atom. The molecule has 5 nitrogen and oxygen atoms in total. The first-order valence-corrected chi connectivity index (χ1v) is 5.43. The summed E-state index contributed by atoms with van der Waals surface area (Å²) in [5, 5.41) is 14.2. The quantitative estimate of drug-likeness (QED) is 0.672. The molecule has 0 bridgehead atoms. The van der Waals surface area contributed by atoms with E-state index in [0.29, 0.717) is 25.8 Å². The Morgan fingerprint density at radius 1 is 1.56 bits per heavy atom. The number of hydrogen-bond acceptors (Lipinski definition) is 4. The average Bonchev–Trinajstić information content (AvgIpc) is 2.21. The first-order valence-electron chi connectivity index (χ1n) is 5.43. The van der Waals surface area contributed by atoms with E-state index in [-0.39, 0.29) is 23.3 Å². The number of piperidine rings is 1. The van der Waals surface area contributed by atoms with Gasteiger partial charge in [0.15, 0.2) is 0 Å². The Labute approximate surface area is 95.2 Å². The number of hydrogen-bond donors (Lipinski definition) is 2. The van der Waals surface area contributed by atoms with Crippen molar-refractivity contribution in [2.24, 2.45) is 5.41 Å². The molecular weight excluding hydrogens is 206 g/mol. The molecule has 0 aromatic heterocycles. The monoisotopic (exact) mass is 223 g/mol. The molecule has 0 saturated carbocycles. The van der Waals surface area contributed by atoms with Gasteiger partial charge in [0.1, 0.15) is 0 Å². The maximum absolute atomic E-state index is 11.4. The zero-order chi connectivity index (χ0) is 12.2. The maximum atomic E-state index is 11.4. The van der Waals surface area contributed by atoms with E-state index in [1.165, 1.54) is 0 Å². The van der Waals surface area contributed by atoms with Gasteiger partial charge in [0.2, 0.25) is 11.8 Å². The molecule has 1 atom stereocenters. The van der Waals surface area contributed by atoms with Gasteiger partial charge in [0.05, 0.1) is 17.5 Å². The van der Waals surface area contributed by atoms with E-state index in [9.17, 15) is 9.59 Å². The summed E-state index contributed by atoms with van der Waals surface area (Å²) in [6.45, 7) is 4.32. The largest absolute Gasteiger partial charge is 0.306 e. The molecule has 1 saturated heterocycles. The molecule has 0 aliphatic carbocycles. The molecule has 1 unspecified atom stereocenters. The first-order chi connectivity index (χ1) is 7.44. The van der Waals surface area contributed by atoms with Crippen molar-refractivity contribution < 1.29 is 9.59 Å². The molecule has 16 heavy (non-hydrogen) atoms. The summed E-state index contributed by atoms with van der Waals surface area (Å²) >= 11 is 0. The highest BCUT2D eigenvalue weighted by molar-refractivity contribution is 6.00. The molecule has 88 valence electrons. The molecule has 2 amide bonds. The van der Waals surface area contributed by atoms with E-state index in [2.05, 4.69) is 16.7 Å². The third kappa shape index (κ3) is 3.63. The third-order valence-electron chi connectivity index (χ3n) is 2.68. The van der Waals surface area contributed by atoms with E-state index in [1.807, 2.05) is 13.8 Å². The summed E-state index contributed by atoms with van der Waals surface area (Å²) in [4.78, 5) is 22.3. The molecule has 5 heteroatoms. The standard InChI is InChI=1S/C11H17N3O2/c1-11(2,7-12)5-6-13-8-3-4-9(15)14-10(8)16/h8,13H,3-6H2,1-2H3,(H,14,15,16). The minimum atomic E-state index is -0.381. The molecule has 0 spiro atoms. The van der Waals surface area contributed by atoms with Crippen LogP contribution in [0.2, 0.25) is 0 Å². The molecule has 1 fully saturated rings. The molecule has 1 rings (SSSR count). The van der Waals surface area contributed by atoms with Crippen molar-refractivity contribution in [3.05, 3.63) is 0 Å². The normalized spacial score (nSPS) is 21.4. The van der Waals surface area contributed by atoms with Crippen LogP contribution in [0.4, 0.5) is 0 Å². The van der Waals surface area contributed by atoms with Gasteiger partial charge in [0.25, 0.3) is 0 Å². The van der Waals surface area contributed by atoms with Gasteiger partial charge in [-0.3, -0.25) is 14.9 Å². The van der Waals surface area contributed by atoms with Crippen molar-refractivity contribution >= 4 is 11.8 Å². The minimum absolute atomic E-state index is 0.208. The fraction of sp³-hybridized carbons (Fsp3) is 0.727. The fourth-order valence-corrected chi connectivity index (χ4v) is 1.50. The van der Waals surface area contributed by atoms with Crippen LogP contribution >= 0.6 is 0 Å². The Morgan fingerprint density at radius 2 is 2.25 bits per heavy atom. The number of nitrogens with zero attached hydrogens (tertiary/aromatic N) is 1. The van der Waals surface area contributed by atoms with Crippen molar-refractivity contribution in [3.8, 4) is 6.07 Å². The van der Waals surface area contributed by atoms with Gasteiger partial charge in [-0.1, -0.05) is 0 Å². The molecule has 0 aromatic rings. The van der Waals surface area contributed by atoms with E-state index in [0.717, 1.165) is 0 Å². The number of nitriles is 1. The van der Waals surface area contributed by atoms with Crippen molar-refractivity contribution in [1.29, 1.82) is 5.26 Å². The second-order valence-electron chi connectivity index (χ2n) is 4.70. The summed E-state index contributed by atoms with van der Waals surface area (Å²) in [7, 11) is 0. The summed E-state index contributed by atoms with van der Waals surface area (Å²) in [6, 6.07) is 1.90. The zero-order valence-electron chi connectivity index (χ0n) is 9.67. The minimum Gasteiger partial charge on any atom is -0.306 e. The molecule has 1 heterocycles. The van der Waals surface area contributed by atoms with Crippen LogP contribution in [-0.2, 0) is 9.59 Å². The summed E-state index contributed by atoms with van der Waals surface area (Å²) in [6.07, 6.45) is 1.60. The molecule has 1 aliphatic heterocycles. The second-order valence-corrected chi connectivity index (χ2v) is 4.70. The highest BCUT2D eigenvalue weighted by atomic mass is 16.2. The van der Waals surface area contributed by atoms with Gasteiger partial charge in [-0.25, -0.2) is 0 Å². The number of carbonyl (C=O) groups excluding carboxylic acids is 2. The lowest BCUT2D eigenvalue weighted by atomic mass is 9.91. The van der Waals surface area contributed by atoms with Crippen molar-refractivity contribution in [2.75, 3.05) is 6.54 Å². The molecule has 0 radical (unpaired) electrons. The van der Waals surface area contributed by atoms with Gasteiger partial charge in [0, 0.05) is 6.42 Å². The van der Waals surface area contributed by atoms with Crippen molar-refractivity contribution in [3.63, 3.8) is 0 Å². The van der Waals surface area contributed by atoms with E-state index in [1.54, 1.807) is 0 Å². The van der Waals surface area contributed by atoms with Crippen LogP contribution in [0, 0.1) is 16.7 Å². The van der Waals surface area contributed by atoms with E-state index in [4.69, 9.17) is 5.26 Å². The summed E-state index contributed by atoms with van der Waals surface area (Å²) in [5.41, 5.74) is -0.381. The lowest BCUT2D eigenvalue weighted by molar-refractivity contribution is -0.134. The SMILES string of the molecule is CC(C)(C#N)CCNC1CCC(=O)NC1=O. The highest BCUT2D eigenvalue weighted by Crippen LogP contribution is 2.17. The van der Waals surface area contributed by atoms with Crippen LogP contribution in [0.25, 0.3) is 0 Å². The maximum Gasteiger partial charge on any atom is 0.243 e. The van der Waals surface area contributed by atoms with Crippen LogP contribution in [0.1, 0.15) is 33.1 Å². The Hall–Kier alpha value is -1.41. The molecule has 0 aromatic carbocycles. The van der Waals surface area contributed by atoms with Gasteiger partial charge in [-0.15, -0.1) is 0 Å². The Balaban J connectivity index is 2.31. The highest BCUT2D eigenvalue weighted by Gasteiger charge is 2.26. The lowest BCUT2D eigenvalue weighted by Gasteiger charge is -2.23. The van der Waals surface area contributed by atoms with Crippen LogP contribution in [0.15, 0.2) is 0 Å². The van der Waals surface area contributed by atoms with Gasteiger partial charge >= 0.3 is 0 Å². The van der Waals surface area contributed by atoms with Crippen LogP contribution < -0.4 is 10.6 Å². The topological polar surface area (TPSA) is 82.0 Å². The fourth-order valence-electron chi connectivity index (χ4n) is 1.50. The summed E-state index contributed by atoms with van der Waals surface area (Å²) in [5.74, 6) is -0.466. The van der Waals surface area contributed by atoms with Crippen molar-refractivity contribution in [1.82, 2.24) is 10.6 Å². The lowest BCUT2D eigenvalue weighted by Crippen LogP contribution is -2.51. The van der Waals surface area contributed by atoms with E-state index < -0.39 is 0 Å². The van der Waals surface area contributed by atoms with Gasteiger partial charge in [-0.2, -0.15) is 5.26 Å². The van der Waals surface area contributed by atoms with Crippen LogP contribution in [0.5, 0.6) is 0 Å². The number of amides is 2. The zero-order valence-corrected chi connectivity index (χ0v) is 9.67. The Bertz CT molecular complexity index is 331. The van der Waals surface area contributed by atoms with E-state index >= 15 is 0 Å². The van der Waals surface area contributed by atoms with Crippen LogP contribution in [-0.4, -0.2) is 24.4 Å². The summed E-state index contributed by atoms with van der Waals surface area (Å²) < 4.78 is 0. The smallest absolute Gasteiger partial charge is 0.243 e. The molecule has 1 aliphatic rings. The number of rotatable bonds is 4. The average molecular weight is 223 g/mol. The van der Waals surface area contributed by atoms with Gasteiger partial charge < -0.3 is 5.32 Å². The van der Waals surface area contributed by atoms with Crippen LogP contribution in [0.3, 0.4) is 0 Å². The molecular formula is C11H17N3O2. The second kappa shape index (κ2) is 5.08. The number of carbonyl (C=O) groups is 2. The number of imide groups is 1. The van der Waals surface area contributed by atoms with Crippen molar-refractivity contribution in [2.45, 2.75) is 39.2 Å². The first kappa shape index (κ1) is 12.7.